The van der Waals surface area contributed by atoms with Crippen LogP contribution in [0.15, 0.2) is 83.3 Å². The standard InChI is InChI=1S/C28H30N6OS/c1-19-6-12-24(13-7-19)34-26(22-8-10-23(11-9-22)28(3,4)5)32-33-27(34)36-18-25(35)31-30-20(2)21-14-16-29-17-15-21/h6-17H,18H2,1-5H3,(H,31,35)/b30-20+. The highest BCUT2D eigenvalue weighted by atomic mass is 32.2. The Labute approximate surface area is 216 Å². The van der Waals surface area contributed by atoms with Gasteiger partial charge in [-0.3, -0.25) is 14.3 Å². The van der Waals surface area contributed by atoms with Crippen LogP contribution in [-0.4, -0.2) is 37.1 Å². The minimum absolute atomic E-state index is 0.0652. The smallest absolute Gasteiger partial charge is 0.250 e. The van der Waals surface area contributed by atoms with Crippen LogP contribution in [-0.2, 0) is 10.2 Å². The van der Waals surface area contributed by atoms with Crippen molar-refractivity contribution in [3.05, 3.63) is 89.7 Å². The maximum atomic E-state index is 12.5. The van der Waals surface area contributed by atoms with Crippen LogP contribution in [0.2, 0.25) is 0 Å². The van der Waals surface area contributed by atoms with Crippen molar-refractivity contribution in [3.63, 3.8) is 0 Å². The molecule has 7 nitrogen and oxygen atoms in total. The minimum atomic E-state index is -0.219. The fourth-order valence-corrected chi connectivity index (χ4v) is 4.31. The van der Waals surface area contributed by atoms with Crippen LogP contribution in [0.4, 0.5) is 0 Å². The third-order valence-corrected chi connectivity index (χ3v) is 6.64. The molecule has 0 saturated heterocycles. The highest BCUT2D eigenvalue weighted by Crippen LogP contribution is 2.30. The summed E-state index contributed by atoms with van der Waals surface area (Å²) in [5.74, 6) is 0.664. The fraction of sp³-hybridized carbons (Fsp3) is 0.250. The van der Waals surface area contributed by atoms with Gasteiger partial charge in [0, 0.05) is 29.2 Å². The first-order valence-electron chi connectivity index (χ1n) is 11.7. The van der Waals surface area contributed by atoms with E-state index in [1.54, 1.807) is 12.4 Å². The van der Waals surface area contributed by atoms with E-state index in [1.165, 1.54) is 22.9 Å². The van der Waals surface area contributed by atoms with Crippen molar-refractivity contribution in [3.8, 4) is 17.1 Å². The Morgan fingerprint density at radius 2 is 1.64 bits per heavy atom. The molecular weight excluding hydrogens is 468 g/mol. The second-order valence-corrected chi connectivity index (χ2v) is 10.5. The van der Waals surface area contributed by atoms with Crippen molar-refractivity contribution in [1.82, 2.24) is 25.2 Å². The Kier molecular flexibility index (Phi) is 7.64. The number of pyridine rings is 1. The monoisotopic (exact) mass is 498 g/mol. The van der Waals surface area contributed by atoms with Gasteiger partial charge in [0.2, 0.25) is 0 Å². The number of aryl methyl sites for hydroxylation is 1. The van der Waals surface area contributed by atoms with Crippen LogP contribution in [0.1, 0.15) is 44.4 Å². The molecule has 0 bridgehead atoms. The van der Waals surface area contributed by atoms with Crippen LogP contribution in [0, 0.1) is 6.92 Å². The molecule has 36 heavy (non-hydrogen) atoms. The summed E-state index contributed by atoms with van der Waals surface area (Å²) in [5.41, 5.74) is 8.62. The maximum Gasteiger partial charge on any atom is 0.250 e. The molecule has 2 heterocycles. The Balaban J connectivity index is 1.56. The molecule has 1 N–H and O–H groups in total. The predicted molar refractivity (Wildman–Crippen MR) is 146 cm³/mol. The number of hydrogen-bond donors (Lipinski definition) is 1. The first kappa shape index (κ1) is 25.3. The first-order valence-corrected chi connectivity index (χ1v) is 12.7. The zero-order valence-electron chi connectivity index (χ0n) is 21.2. The Hall–Kier alpha value is -3.78. The molecule has 0 aliphatic rings. The average molecular weight is 499 g/mol. The van der Waals surface area contributed by atoms with Crippen molar-refractivity contribution in [2.75, 3.05) is 5.75 Å². The lowest BCUT2D eigenvalue weighted by Gasteiger charge is -2.19. The number of carbonyl (C=O) groups is 1. The Morgan fingerprint density at radius 3 is 2.28 bits per heavy atom. The molecule has 0 radical (unpaired) electrons. The van der Waals surface area contributed by atoms with E-state index < -0.39 is 0 Å². The van der Waals surface area contributed by atoms with E-state index in [-0.39, 0.29) is 17.1 Å². The zero-order chi connectivity index (χ0) is 25.7. The number of nitrogens with one attached hydrogen (secondary N) is 1. The van der Waals surface area contributed by atoms with Crippen LogP contribution < -0.4 is 5.43 Å². The van der Waals surface area contributed by atoms with Gasteiger partial charge in [0.25, 0.3) is 5.91 Å². The number of hydrogen-bond acceptors (Lipinski definition) is 6. The van der Waals surface area contributed by atoms with Crippen LogP contribution in [0.25, 0.3) is 17.1 Å². The van der Waals surface area contributed by atoms with Gasteiger partial charge in [-0.2, -0.15) is 5.10 Å². The molecule has 1 amide bonds. The van der Waals surface area contributed by atoms with E-state index >= 15 is 0 Å². The number of aromatic nitrogens is 4. The summed E-state index contributed by atoms with van der Waals surface area (Å²) in [5, 5.41) is 13.8. The fourth-order valence-electron chi connectivity index (χ4n) is 3.56. The Bertz CT molecular complexity index is 1350. The first-order chi connectivity index (χ1) is 17.2. The quantitative estimate of drug-likeness (QED) is 0.205. The lowest BCUT2D eigenvalue weighted by molar-refractivity contribution is -0.118. The number of nitrogens with zero attached hydrogens (tertiary/aromatic N) is 5. The van der Waals surface area contributed by atoms with Gasteiger partial charge in [0.1, 0.15) is 0 Å². The summed E-state index contributed by atoms with van der Waals surface area (Å²) in [6.07, 6.45) is 3.39. The molecule has 2 aromatic carbocycles. The third-order valence-electron chi connectivity index (χ3n) is 5.71. The summed E-state index contributed by atoms with van der Waals surface area (Å²) < 4.78 is 2.00. The van der Waals surface area contributed by atoms with Gasteiger partial charge in [0.15, 0.2) is 11.0 Å². The molecular formula is C28H30N6OS. The van der Waals surface area contributed by atoms with E-state index in [0.717, 1.165) is 22.6 Å². The van der Waals surface area contributed by atoms with Gasteiger partial charge in [-0.25, -0.2) is 5.43 Å². The van der Waals surface area contributed by atoms with Gasteiger partial charge in [0.05, 0.1) is 11.5 Å². The van der Waals surface area contributed by atoms with Crippen molar-refractivity contribution in [2.24, 2.45) is 5.10 Å². The highest BCUT2D eigenvalue weighted by molar-refractivity contribution is 7.99. The summed E-state index contributed by atoms with van der Waals surface area (Å²) in [6.45, 7) is 10.5. The average Bonchev–Trinajstić information content (AvgIpc) is 3.30. The van der Waals surface area contributed by atoms with E-state index in [4.69, 9.17) is 0 Å². The SMILES string of the molecule is C/C(=N\NC(=O)CSc1nnc(-c2ccc(C(C)(C)C)cc2)n1-c1ccc(C)cc1)c1ccncc1. The molecule has 184 valence electrons. The number of rotatable bonds is 7. The summed E-state index contributed by atoms with van der Waals surface area (Å²) in [6, 6.07) is 20.3. The van der Waals surface area contributed by atoms with Crippen molar-refractivity contribution in [2.45, 2.75) is 45.2 Å². The van der Waals surface area contributed by atoms with Gasteiger partial charge in [-0.1, -0.05) is 74.5 Å². The predicted octanol–water partition coefficient (Wildman–Crippen LogP) is 5.57. The lowest BCUT2D eigenvalue weighted by atomic mass is 9.87. The number of carbonyl (C=O) groups excluding carboxylic acids is 1. The number of benzene rings is 2. The van der Waals surface area contributed by atoms with E-state index in [0.29, 0.717) is 10.9 Å². The molecule has 2 aromatic heterocycles. The van der Waals surface area contributed by atoms with Crippen molar-refractivity contribution in [1.29, 1.82) is 0 Å². The number of amides is 1. The minimum Gasteiger partial charge on any atom is -0.272 e. The zero-order valence-corrected chi connectivity index (χ0v) is 22.0. The molecule has 0 aliphatic carbocycles. The summed E-state index contributed by atoms with van der Waals surface area (Å²) in [7, 11) is 0. The van der Waals surface area contributed by atoms with E-state index in [9.17, 15) is 4.79 Å². The second kappa shape index (κ2) is 10.9. The number of hydrazone groups is 1. The molecule has 4 aromatic rings. The molecule has 0 spiro atoms. The second-order valence-electron chi connectivity index (χ2n) is 9.56. The molecule has 0 aliphatic heterocycles. The van der Waals surface area contributed by atoms with Gasteiger partial charge in [-0.15, -0.1) is 10.2 Å². The van der Waals surface area contributed by atoms with Gasteiger partial charge in [-0.05, 0) is 49.1 Å². The molecule has 4 rings (SSSR count). The van der Waals surface area contributed by atoms with Crippen LogP contribution in [0.3, 0.4) is 0 Å². The van der Waals surface area contributed by atoms with E-state index in [2.05, 4.69) is 89.8 Å². The Morgan fingerprint density at radius 1 is 0.972 bits per heavy atom. The number of thioether (sulfide) groups is 1. The normalized spacial score (nSPS) is 12.0. The van der Waals surface area contributed by atoms with Crippen molar-refractivity contribution < 1.29 is 4.79 Å². The molecule has 0 atom stereocenters. The lowest BCUT2D eigenvalue weighted by Crippen LogP contribution is -2.21. The largest absolute Gasteiger partial charge is 0.272 e. The topological polar surface area (TPSA) is 85.1 Å². The van der Waals surface area contributed by atoms with Crippen LogP contribution >= 0.6 is 11.8 Å². The molecule has 0 fully saturated rings. The maximum absolute atomic E-state index is 12.5. The molecule has 8 heteroatoms. The molecule has 0 unspecified atom stereocenters. The van der Waals surface area contributed by atoms with Gasteiger partial charge >= 0.3 is 0 Å². The van der Waals surface area contributed by atoms with Gasteiger partial charge < -0.3 is 0 Å². The van der Waals surface area contributed by atoms with E-state index in [1.807, 2.05) is 35.8 Å². The van der Waals surface area contributed by atoms with Crippen molar-refractivity contribution >= 4 is 23.4 Å². The van der Waals surface area contributed by atoms with Crippen LogP contribution in [0.5, 0.6) is 0 Å². The summed E-state index contributed by atoms with van der Waals surface area (Å²) in [4.78, 5) is 16.5. The summed E-state index contributed by atoms with van der Waals surface area (Å²) >= 11 is 1.32. The molecule has 0 saturated carbocycles. The third kappa shape index (κ3) is 6.07. The highest BCUT2D eigenvalue weighted by Gasteiger charge is 2.19.